The SMILES string of the molecule is O=C1CCC(CCCC2CCCCC2)(c2ccccc2)C(=O)N1. The smallest absolute Gasteiger partial charge is 0.237 e. The van der Waals surface area contributed by atoms with Gasteiger partial charge in [-0.2, -0.15) is 0 Å². The maximum atomic E-state index is 12.7. The molecule has 23 heavy (non-hydrogen) atoms. The second kappa shape index (κ2) is 7.29. The fraction of sp³-hybridized carbons (Fsp3) is 0.600. The monoisotopic (exact) mass is 313 g/mol. The van der Waals surface area contributed by atoms with Crippen LogP contribution in [0.25, 0.3) is 0 Å². The van der Waals surface area contributed by atoms with Crippen LogP contribution in [-0.4, -0.2) is 11.8 Å². The van der Waals surface area contributed by atoms with Gasteiger partial charge >= 0.3 is 0 Å². The number of carbonyl (C=O) groups excluding carboxylic acids is 2. The van der Waals surface area contributed by atoms with Crippen molar-refractivity contribution in [1.82, 2.24) is 5.32 Å². The molecule has 2 amide bonds. The van der Waals surface area contributed by atoms with Crippen molar-refractivity contribution in [2.45, 2.75) is 69.6 Å². The summed E-state index contributed by atoms with van der Waals surface area (Å²) in [5.41, 5.74) is 0.553. The third-order valence-corrected chi connectivity index (χ3v) is 5.73. The molecule has 1 aromatic rings. The maximum Gasteiger partial charge on any atom is 0.237 e. The summed E-state index contributed by atoms with van der Waals surface area (Å²) in [6.07, 6.45) is 11.0. The third-order valence-electron chi connectivity index (χ3n) is 5.73. The molecule has 0 bridgehead atoms. The lowest BCUT2D eigenvalue weighted by atomic mass is 9.70. The zero-order valence-corrected chi connectivity index (χ0v) is 13.9. The molecular weight excluding hydrogens is 286 g/mol. The number of carbonyl (C=O) groups is 2. The standard InChI is InChI=1S/C20H27NO2/c22-18-13-15-20(19(23)21-18,17-11-5-2-6-12-17)14-7-10-16-8-3-1-4-9-16/h2,5-6,11-12,16H,1,3-4,7-10,13-15H2,(H,21,22,23). The molecule has 2 aliphatic rings. The van der Waals surface area contributed by atoms with Gasteiger partial charge in [-0.15, -0.1) is 0 Å². The van der Waals surface area contributed by atoms with E-state index in [4.69, 9.17) is 0 Å². The molecule has 0 aromatic heterocycles. The van der Waals surface area contributed by atoms with E-state index in [0.717, 1.165) is 24.3 Å². The van der Waals surface area contributed by atoms with Gasteiger partial charge in [0.05, 0.1) is 5.41 Å². The van der Waals surface area contributed by atoms with Crippen molar-refractivity contribution in [3.05, 3.63) is 35.9 Å². The predicted molar refractivity (Wildman–Crippen MR) is 90.9 cm³/mol. The number of rotatable bonds is 5. The first kappa shape index (κ1) is 16.2. The van der Waals surface area contributed by atoms with E-state index in [2.05, 4.69) is 5.32 Å². The molecule has 1 unspecified atom stereocenters. The van der Waals surface area contributed by atoms with Crippen molar-refractivity contribution < 1.29 is 9.59 Å². The Morgan fingerprint density at radius 3 is 2.48 bits per heavy atom. The zero-order valence-electron chi connectivity index (χ0n) is 13.9. The van der Waals surface area contributed by atoms with Crippen molar-refractivity contribution in [3.63, 3.8) is 0 Å². The molecule has 1 heterocycles. The van der Waals surface area contributed by atoms with Crippen molar-refractivity contribution in [2.24, 2.45) is 5.92 Å². The van der Waals surface area contributed by atoms with Gasteiger partial charge in [0.15, 0.2) is 0 Å². The molecule has 1 aliphatic heterocycles. The van der Waals surface area contributed by atoms with Crippen molar-refractivity contribution >= 4 is 11.8 Å². The summed E-state index contributed by atoms with van der Waals surface area (Å²) < 4.78 is 0. The summed E-state index contributed by atoms with van der Waals surface area (Å²) in [6.45, 7) is 0. The van der Waals surface area contributed by atoms with Gasteiger partial charge in [-0.05, 0) is 24.3 Å². The van der Waals surface area contributed by atoms with E-state index in [1.807, 2.05) is 30.3 Å². The van der Waals surface area contributed by atoms with Crippen LogP contribution in [0.5, 0.6) is 0 Å². The van der Waals surface area contributed by atoms with Crippen LogP contribution < -0.4 is 5.32 Å². The molecule has 124 valence electrons. The Balaban J connectivity index is 1.71. The third kappa shape index (κ3) is 3.65. The van der Waals surface area contributed by atoms with Crippen LogP contribution in [0.1, 0.15) is 69.8 Å². The predicted octanol–water partition coefficient (Wildman–Crippen LogP) is 4.11. The fourth-order valence-corrected chi connectivity index (χ4v) is 4.33. The van der Waals surface area contributed by atoms with Gasteiger partial charge in [-0.3, -0.25) is 14.9 Å². The maximum absolute atomic E-state index is 12.7. The van der Waals surface area contributed by atoms with E-state index in [1.165, 1.54) is 38.5 Å². The molecule has 1 aromatic carbocycles. The average Bonchev–Trinajstić information content (AvgIpc) is 2.59. The molecule has 1 atom stereocenters. The van der Waals surface area contributed by atoms with Crippen LogP contribution in [0.15, 0.2) is 30.3 Å². The Morgan fingerprint density at radius 1 is 1.04 bits per heavy atom. The van der Waals surface area contributed by atoms with Gasteiger partial charge < -0.3 is 0 Å². The van der Waals surface area contributed by atoms with E-state index in [9.17, 15) is 9.59 Å². The second-order valence-corrected chi connectivity index (χ2v) is 7.22. The lowest BCUT2D eigenvalue weighted by Crippen LogP contribution is -2.51. The Morgan fingerprint density at radius 2 is 1.78 bits per heavy atom. The van der Waals surface area contributed by atoms with Crippen LogP contribution in [0, 0.1) is 5.92 Å². The topological polar surface area (TPSA) is 46.2 Å². The van der Waals surface area contributed by atoms with E-state index in [-0.39, 0.29) is 11.8 Å². The van der Waals surface area contributed by atoms with E-state index in [1.54, 1.807) is 0 Å². The molecule has 1 saturated heterocycles. The minimum absolute atomic E-state index is 0.0939. The van der Waals surface area contributed by atoms with Gasteiger partial charge in [-0.1, -0.05) is 75.3 Å². The molecule has 0 spiro atoms. The highest BCUT2D eigenvalue weighted by Gasteiger charge is 2.43. The highest BCUT2D eigenvalue weighted by atomic mass is 16.2. The zero-order chi connectivity index (χ0) is 16.1. The lowest BCUT2D eigenvalue weighted by Gasteiger charge is -2.36. The molecule has 2 fully saturated rings. The quantitative estimate of drug-likeness (QED) is 0.831. The van der Waals surface area contributed by atoms with E-state index >= 15 is 0 Å². The molecule has 1 aliphatic carbocycles. The minimum atomic E-state index is -0.510. The first-order valence-corrected chi connectivity index (χ1v) is 9.10. The fourth-order valence-electron chi connectivity index (χ4n) is 4.33. The molecular formula is C20H27NO2. The van der Waals surface area contributed by atoms with Gasteiger partial charge in [-0.25, -0.2) is 0 Å². The van der Waals surface area contributed by atoms with E-state index in [0.29, 0.717) is 12.8 Å². The summed E-state index contributed by atoms with van der Waals surface area (Å²) in [7, 11) is 0. The Bertz CT molecular complexity index is 548. The first-order valence-electron chi connectivity index (χ1n) is 9.10. The van der Waals surface area contributed by atoms with Gasteiger partial charge in [0.1, 0.15) is 0 Å². The lowest BCUT2D eigenvalue weighted by molar-refractivity contribution is -0.138. The van der Waals surface area contributed by atoms with Crippen LogP contribution in [0.2, 0.25) is 0 Å². The normalized spacial score (nSPS) is 26.1. The van der Waals surface area contributed by atoms with Crippen LogP contribution in [0.3, 0.4) is 0 Å². The Hall–Kier alpha value is -1.64. The van der Waals surface area contributed by atoms with Crippen LogP contribution in [-0.2, 0) is 15.0 Å². The molecule has 3 nitrogen and oxygen atoms in total. The van der Waals surface area contributed by atoms with Crippen LogP contribution >= 0.6 is 0 Å². The Kier molecular flexibility index (Phi) is 5.14. The van der Waals surface area contributed by atoms with Gasteiger partial charge in [0.2, 0.25) is 11.8 Å². The number of nitrogens with one attached hydrogen (secondary N) is 1. The summed E-state index contributed by atoms with van der Waals surface area (Å²) in [4.78, 5) is 24.3. The Labute approximate surface area is 138 Å². The number of piperidine rings is 1. The minimum Gasteiger partial charge on any atom is -0.296 e. The highest BCUT2D eigenvalue weighted by Crippen LogP contribution is 2.38. The molecule has 0 radical (unpaired) electrons. The number of amides is 2. The van der Waals surface area contributed by atoms with Crippen molar-refractivity contribution in [1.29, 1.82) is 0 Å². The van der Waals surface area contributed by atoms with Crippen LogP contribution in [0.4, 0.5) is 0 Å². The number of imide groups is 1. The summed E-state index contributed by atoms with van der Waals surface area (Å²) in [5.74, 6) is 0.613. The van der Waals surface area contributed by atoms with Crippen molar-refractivity contribution in [3.8, 4) is 0 Å². The molecule has 1 saturated carbocycles. The molecule has 3 heteroatoms. The summed E-state index contributed by atoms with van der Waals surface area (Å²) in [6, 6.07) is 10.0. The molecule has 3 rings (SSSR count). The molecule has 1 N–H and O–H groups in total. The van der Waals surface area contributed by atoms with E-state index < -0.39 is 5.41 Å². The van der Waals surface area contributed by atoms with Crippen molar-refractivity contribution in [2.75, 3.05) is 0 Å². The average molecular weight is 313 g/mol. The van der Waals surface area contributed by atoms with Gasteiger partial charge in [0, 0.05) is 6.42 Å². The highest BCUT2D eigenvalue weighted by molar-refractivity contribution is 6.03. The second-order valence-electron chi connectivity index (χ2n) is 7.22. The van der Waals surface area contributed by atoms with Gasteiger partial charge in [0.25, 0.3) is 0 Å². The first-order chi connectivity index (χ1) is 11.2. The number of benzene rings is 1. The number of hydrogen-bond donors (Lipinski definition) is 1. The summed E-state index contributed by atoms with van der Waals surface area (Å²) in [5, 5.41) is 2.58. The summed E-state index contributed by atoms with van der Waals surface area (Å²) >= 11 is 0. The number of hydrogen-bond acceptors (Lipinski definition) is 2. The largest absolute Gasteiger partial charge is 0.296 e.